The maximum Gasteiger partial charge on any atom is 0.128 e. The van der Waals surface area contributed by atoms with Gasteiger partial charge in [0, 0.05) is 35.3 Å². The van der Waals surface area contributed by atoms with Crippen molar-refractivity contribution in [3.05, 3.63) is 23.9 Å². The minimum Gasteiger partial charge on any atom is -0.389 e. The van der Waals surface area contributed by atoms with E-state index >= 15 is 0 Å². The summed E-state index contributed by atoms with van der Waals surface area (Å²) in [6, 6.07) is 3.95. The molecule has 2 rings (SSSR count). The van der Waals surface area contributed by atoms with Crippen LogP contribution in [0.5, 0.6) is 0 Å². The van der Waals surface area contributed by atoms with Crippen molar-refractivity contribution in [2.75, 3.05) is 18.0 Å². The van der Waals surface area contributed by atoms with Crippen molar-refractivity contribution < 1.29 is 0 Å². The number of nitrogens with zero attached hydrogens (tertiary/aromatic N) is 2. The Bertz CT molecular complexity index is 395. The summed E-state index contributed by atoms with van der Waals surface area (Å²) in [5.74, 6) is 1.02. The SMILES string of the molecule is CC1CN(c2ccc(C(N)=S)cn2)CC(C)S1. The molecule has 2 unspecified atom stereocenters. The molecule has 0 amide bonds. The van der Waals surface area contributed by atoms with Gasteiger partial charge in [-0.15, -0.1) is 0 Å². The Morgan fingerprint density at radius 3 is 2.53 bits per heavy atom. The van der Waals surface area contributed by atoms with E-state index in [1.807, 2.05) is 23.9 Å². The van der Waals surface area contributed by atoms with Crippen LogP contribution < -0.4 is 10.6 Å². The number of rotatable bonds is 2. The van der Waals surface area contributed by atoms with Crippen molar-refractivity contribution in [1.82, 2.24) is 4.98 Å². The molecule has 1 aliphatic rings. The zero-order chi connectivity index (χ0) is 12.4. The van der Waals surface area contributed by atoms with Gasteiger partial charge in [0.1, 0.15) is 10.8 Å². The first-order valence-electron chi connectivity index (χ1n) is 5.72. The van der Waals surface area contributed by atoms with E-state index in [-0.39, 0.29) is 0 Å². The molecule has 1 saturated heterocycles. The molecule has 2 heterocycles. The van der Waals surface area contributed by atoms with E-state index in [2.05, 4.69) is 23.7 Å². The Kier molecular flexibility index (Phi) is 3.89. The van der Waals surface area contributed by atoms with Gasteiger partial charge in [-0.25, -0.2) is 4.98 Å². The number of thiocarbonyl (C=S) groups is 1. The van der Waals surface area contributed by atoms with Crippen molar-refractivity contribution in [3.8, 4) is 0 Å². The van der Waals surface area contributed by atoms with E-state index in [0.717, 1.165) is 24.5 Å². The van der Waals surface area contributed by atoms with Gasteiger partial charge in [0.25, 0.3) is 0 Å². The number of hydrogen-bond acceptors (Lipinski definition) is 4. The third-order valence-corrected chi connectivity index (χ3v) is 4.24. The molecule has 0 spiro atoms. The van der Waals surface area contributed by atoms with Gasteiger partial charge in [-0.05, 0) is 12.1 Å². The normalized spacial score (nSPS) is 24.7. The quantitative estimate of drug-likeness (QED) is 0.831. The van der Waals surface area contributed by atoms with E-state index in [9.17, 15) is 0 Å². The molecule has 2 N–H and O–H groups in total. The number of hydrogen-bond donors (Lipinski definition) is 1. The third-order valence-electron chi connectivity index (χ3n) is 2.78. The lowest BCUT2D eigenvalue weighted by molar-refractivity contribution is 0.718. The van der Waals surface area contributed by atoms with Crippen LogP contribution in [0.4, 0.5) is 5.82 Å². The molecule has 0 radical (unpaired) electrons. The van der Waals surface area contributed by atoms with E-state index in [1.165, 1.54) is 0 Å². The van der Waals surface area contributed by atoms with E-state index in [0.29, 0.717) is 15.5 Å². The predicted molar refractivity (Wildman–Crippen MR) is 78.9 cm³/mol. The summed E-state index contributed by atoms with van der Waals surface area (Å²) < 4.78 is 0. The van der Waals surface area contributed by atoms with Crippen LogP contribution in [-0.4, -0.2) is 33.6 Å². The molecule has 3 nitrogen and oxygen atoms in total. The second-order valence-corrected chi connectivity index (χ2v) is 6.75. The molecule has 0 aliphatic carbocycles. The molecule has 1 aromatic heterocycles. The topological polar surface area (TPSA) is 42.1 Å². The predicted octanol–water partition coefficient (Wildman–Crippen LogP) is 2.05. The van der Waals surface area contributed by atoms with Crippen molar-refractivity contribution in [2.24, 2.45) is 5.73 Å². The van der Waals surface area contributed by atoms with Crippen molar-refractivity contribution in [1.29, 1.82) is 0 Å². The summed E-state index contributed by atoms with van der Waals surface area (Å²) in [5, 5.41) is 1.30. The highest BCUT2D eigenvalue weighted by Crippen LogP contribution is 2.27. The monoisotopic (exact) mass is 267 g/mol. The van der Waals surface area contributed by atoms with Gasteiger partial charge >= 0.3 is 0 Å². The van der Waals surface area contributed by atoms with Crippen LogP contribution in [0.15, 0.2) is 18.3 Å². The Morgan fingerprint density at radius 2 is 2.06 bits per heavy atom. The molecule has 1 fully saturated rings. The second-order valence-electron chi connectivity index (χ2n) is 4.43. The maximum atomic E-state index is 5.56. The fourth-order valence-corrected chi connectivity index (χ4v) is 3.53. The van der Waals surface area contributed by atoms with Crippen LogP contribution in [0.1, 0.15) is 19.4 Å². The first-order chi connectivity index (χ1) is 8.06. The van der Waals surface area contributed by atoms with Gasteiger partial charge in [-0.1, -0.05) is 26.1 Å². The van der Waals surface area contributed by atoms with E-state index in [1.54, 1.807) is 6.20 Å². The Balaban J connectivity index is 2.14. The minimum absolute atomic E-state index is 0.403. The van der Waals surface area contributed by atoms with Gasteiger partial charge in [0.05, 0.1) is 0 Å². The first-order valence-corrected chi connectivity index (χ1v) is 7.07. The van der Waals surface area contributed by atoms with Crippen molar-refractivity contribution in [3.63, 3.8) is 0 Å². The number of pyridine rings is 1. The third kappa shape index (κ3) is 3.10. The highest BCUT2D eigenvalue weighted by molar-refractivity contribution is 8.00. The Hall–Kier alpha value is -0.810. The molecular weight excluding hydrogens is 250 g/mol. The van der Waals surface area contributed by atoms with Crippen LogP contribution in [0.25, 0.3) is 0 Å². The van der Waals surface area contributed by atoms with Crippen LogP contribution in [-0.2, 0) is 0 Å². The average molecular weight is 267 g/mol. The largest absolute Gasteiger partial charge is 0.389 e. The molecule has 1 aliphatic heterocycles. The summed E-state index contributed by atoms with van der Waals surface area (Å²) in [6.45, 7) is 6.62. The molecule has 0 bridgehead atoms. The lowest BCUT2D eigenvalue weighted by Crippen LogP contribution is -2.40. The standard InChI is InChI=1S/C12H17N3S2/c1-8-6-15(7-9(2)17-8)11-4-3-10(5-14-11)12(13)16/h3-5,8-9H,6-7H2,1-2H3,(H2,13,16). The van der Waals surface area contributed by atoms with Crippen LogP contribution in [0.2, 0.25) is 0 Å². The summed E-state index contributed by atoms with van der Waals surface area (Å²) in [5.41, 5.74) is 6.39. The number of anilines is 1. The fourth-order valence-electron chi connectivity index (χ4n) is 2.08. The van der Waals surface area contributed by atoms with Crippen molar-refractivity contribution in [2.45, 2.75) is 24.3 Å². The smallest absolute Gasteiger partial charge is 0.128 e. The number of nitrogens with two attached hydrogens (primary N) is 1. The van der Waals surface area contributed by atoms with Gasteiger partial charge < -0.3 is 10.6 Å². The fraction of sp³-hybridized carbons (Fsp3) is 0.500. The lowest BCUT2D eigenvalue weighted by atomic mass is 10.2. The lowest BCUT2D eigenvalue weighted by Gasteiger charge is -2.35. The number of aromatic nitrogens is 1. The molecule has 2 atom stereocenters. The molecule has 0 aromatic carbocycles. The maximum absolute atomic E-state index is 5.56. The van der Waals surface area contributed by atoms with Crippen molar-refractivity contribution >= 4 is 34.8 Å². The average Bonchev–Trinajstić information content (AvgIpc) is 2.28. The highest BCUT2D eigenvalue weighted by atomic mass is 32.2. The molecule has 92 valence electrons. The van der Waals surface area contributed by atoms with Gasteiger partial charge in [-0.3, -0.25) is 0 Å². The summed E-state index contributed by atoms with van der Waals surface area (Å²) in [4.78, 5) is 7.17. The van der Waals surface area contributed by atoms with Crippen LogP contribution in [0, 0.1) is 0 Å². The summed E-state index contributed by atoms with van der Waals surface area (Å²) >= 11 is 6.96. The highest BCUT2D eigenvalue weighted by Gasteiger charge is 2.22. The minimum atomic E-state index is 0.403. The molecule has 5 heteroatoms. The van der Waals surface area contributed by atoms with Gasteiger partial charge in [0.2, 0.25) is 0 Å². The van der Waals surface area contributed by atoms with Crippen LogP contribution >= 0.6 is 24.0 Å². The zero-order valence-corrected chi connectivity index (χ0v) is 11.7. The molecule has 0 saturated carbocycles. The molecular formula is C12H17N3S2. The first kappa shape index (κ1) is 12.6. The van der Waals surface area contributed by atoms with Crippen LogP contribution in [0.3, 0.4) is 0 Å². The molecule has 17 heavy (non-hydrogen) atoms. The Labute approximate surface area is 112 Å². The summed E-state index contributed by atoms with van der Waals surface area (Å²) in [7, 11) is 0. The summed E-state index contributed by atoms with van der Waals surface area (Å²) in [6.07, 6.45) is 1.76. The Morgan fingerprint density at radius 1 is 1.41 bits per heavy atom. The molecule has 1 aromatic rings. The zero-order valence-electron chi connectivity index (χ0n) is 10.1. The van der Waals surface area contributed by atoms with E-state index < -0.39 is 0 Å². The van der Waals surface area contributed by atoms with Gasteiger partial charge in [-0.2, -0.15) is 11.8 Å². The van der Waals surface area contributed by atoms with Gasteiger partial charge in [0.15, 0.2) is 0 Å². The van der Waals surface area contributed by atoms with E-state index in [4.69, 9.17) is 18.0 Å². The second kappa shape index (κ2) is 5.23. The number of thioether (sulfide) groups is 1.